The number of piperidine rings is 1. The standard InChI is InChI=1S/C16H26N4O/c1-2-7-17-12-13-5-9-19(10-6-13)15-16(21)20(11-8-18-15)14-3-4-14/h8,11,13-14,17H,2-7,9-10,12H2,1H3. The van der Waals surface area contributed by atoms with Crippen molar-refractivity contribution in [3.63, 3.8) is 0 Å². The molecular weight excluding hydrogens is 264 g/mol. The van der Waals surface area contributed by atoms with Crippen LogP contribution in [0.4, 0.5) is 5.82 Å². The van der Waals surface area contributed by atoms with Crippen LogP contribution < -0.4 is 15.8 Å². The molecule has 1 aromatic rings. The molecule has 2 fully saturated rings. The van der Waals surface area contributed by atoms with Gasteiger partial charge in [0, 0.05) is 31.5 Å². The van der Waals surface area contributed by atoms with Gasteiger partial charge in [0.2, 0.25) is 0 Å². The summed E-state index contributed by atoms with van der Waals surface area (Å²) in [5, 5.41) is 3.50. The summed E-state index contributed by atoms with van der Waals surface area (Å²) in [5.41, 5.74) is 0.0996. The summed E-state index contributed by atoms with van der Waals surface area (Å²) in [6.07, 6.45) is 9.37. The van der Waals surface area contributed by atoms with Crippen LogP contribution in [0, 0.1) is 5.92 Å². The Kier molecular flexibility index (Phi) is 4.58. The minimum atomic E-state index is 0.0996. The summed E-state index contributed by atoms with van der Waals surface area (Å²) in [4.78, 5) is 19.0. The largest absolute Gasteiger partial charge is 0.352 e. The van der Waals surface area contributed by atoms with Crippen LogP contribution in [0.2, 0.25) is 0 Å². The van der Waals surface area contributed by atoms with Crippen molar-refractivity contribution in [2.45, 2.75) is 45.1 Å². The topological polar surface area (TPSA) is 50.2 Å². The molecule has 2 heterocycles. The third-order valence-corrected chi connectivity index (χ3v) is 4.56. The maximum Gasteiger partial charge on any atom is 0.293 e. The molecule has 1 N–H and O–H groups in total. The van der Waals surface area contributed by atoms with Gasteiger partial charge >= 0.3 is 0 Å². The third-order valence-electron chi connectivity index (χ3n) is 4.56. The minimum Gasteiger partial charge on any atom is -0.352 e. The molecule has 21 heavy (non-hydrogen) atoms. The van der Waals surface area contributed by atoms with Crippen molar-refractivity contribution in [2.24, 2.45) is 5.92 Å². The first-order valence-corrected chi connectivity index (χ1v) is 8.32. The Labute approximate surface area is 126 Å². The lowest BCUT2D eigenvalue weighted by molar-refractivity contribution is 0.381. The lowest BCUT2D eigenvalue weighted by Crippen LogP contribution is -2.41. The van der Waals surface area contributed by atoms with Gasteiger partial charge in [-0.3, -0.25) is 4.79 Å². The van der Waals surface area contributed by atoms with Crippen LogP contribution in [0.25, 0.3) is 0 Å². The molecule has 0 atom stereocenters. The number of hydrogen-bond acceptors (Lipinski definition) is 4. The SMILES string of the molecule is CCCNCC1CCN(c2nccn(C3CC3)c2=O)CC1. The molecule has 1 aromatic heterocycles. The number of hydrogen-bond donors (Lipinski definition) is 1. The molecule has 3 rings (SSSR count). The normalized spacial score (nSPS) is 20.0. The first kappa shape index (κ1) is 14.6. The van der Waals surface area contributed by atoms with Crippen LogP contribution in [0.1, 0.15) is 45.1 Å². The smallest absolute Gasteiger partial charge is 0.293 e. The van der Waals surface area contributed by atoms with Gasteiger partial charge in [-0.2, -0.15) is 0 Å². The van der Waals surface area contributed by atoms with E-state index in [4.69, 9.17) is 0 Å². The second-order valence-electron chi connectivity index (χ2n) is 6.33. The van der Waals surface area contributed by atoms with Gasteiger partial charge in [-0.1, -0.05) is 6.92 Å². The molecule has 0 spiro atoms. The molecule has 0 unspecified atom stereocenters. The average Bonchev–Trinajstić information content (AvgIpc) is 3.33. The average molecular weight is 290 g/mol. The van der Waals surface area contributed by atoms with E-state index in [2.05, 4.69) is 22.1 Å². The Morgan fingerprint density at radius 1 is 1.29 bits per heavy atom. The highest BCUT2D eigenvalue weighted by atomic mass is 16.1. The Morgan fingerprint density at radius 3 is 2.71 bits per heavy atom. The van der Waals surface area contributed by atoms with Crippen LogP contribution >= 0.6 is 0 Å². The molecule has 1 saturated carbocycles. The van der Waals surface area contributed by atoms with Crippen LogP contribution in [-0.2, 0) is 0 Å². The van der Waals surface area contributed by atoms with Crippen LogP contribution in [0.15, 0.2) is 17.2 Å². The van der Waals surface area contributed by atoms with E-state index in [0.29, 0.717) is 11.9 Å². The molecule has 1 aliphatic carbocycles. The number of nitrogens with one attached hydrogen (secondary N) is 1. The highest BCUT2D eigenvalue weighted by Crippen LogP contribution is 2.33. The monoisotopic (exact) mass is 290 g/mol. The van der Waals surface area contributed by atoms with Crippen molar-refractivity contribution in [3.8, 4) is 0 Å². The van der Waals surface area contributed by atoms with E-state index in [1.165, 1.54) is 6.42 Å². The number of aromatic nitrogens is 2. The van der Waals surface area contributed by atoms with Gasteiger partial charge in [-0.25, -0.2) is 4.98 Å². The fraction of sp³-hybridized carbons (Fsp3) is 0.750. The lowest BCUT2D eigenvalue weighted by atomic mass is 9.97. The molecule has 0 bridgehead atoms. The molecule has 2 aliphatic rings. The minimum absolute atomic E-state index is 0.0996. The molecule has 0 amide bonds. The molecule has 1 aliphatic heterocycles. The molecular formula is C16H26N4O. The van der Waals surface area contributed by atoms with Crippen molar-refractivity contribution >= 4 is 5.82 Å². The highest BCUT2D eigenvalue weighted by Gasteiger charge is 2.27. The van der Waals surface area contributed by atoms with E-state index in [9.17, 15) is 4.79 Å². The Morgan fingerprint density at radius 2 is 2.05 bits per heavy atom. The van der Waals surface area contributed by atoms with Crippen molar-refractivity contribution in [1.29, 1.82) is 0 Å². The molecule has 5 heteroatoms. The quantitative estimate of drug-likeness (QED) is 0.812. The van der Waals surface area contributed by atoms with E-state index in [0.717, 1.165) is 57.8 Å². The summed E-state index contributed by atoms with van der Waals surface area (Å²) in [5.74, 6) is 1.39. The molecule has 5 nitrogen and oxygen atoms in total. The highest BCUT2D eigenvalue weighted by molar-refractivity contribution is 5.36. The van der Waals surface area contributed by atoms with E-state index < -0.39 is 0 Å². The van der Waals surface area contributed by atoms with Gasteiger partial charge in [-0.15, -0.1) is 0 Å². The maximum atomic E-state index is 12.5. The second-order valence-corrected chi connectivity index (χ2v) is 6.33. The molecule has 0 aromatic carbocycles. The first-order valence-electron chi connectivity index (χ1n) is 8.32. The van der Waals surface area contributed by atoms with Gasteiger partial charge in [0.15, 0.2) is 5.82 Å². The van der Waals surface area contributed by atoms with E-state index in [1.807, 2.05) is 10.8 Å². The zero-order valence-corrected chi connectivity index (χ0v) is 12.9. The fourth-order valence-electron chi connectivity index (χ4n) is 3.10. The summed E-state index contributed by atoms with van der Waals surface area (Å²) in [7, 11) is 0. The van der Waals surface area contributed by atoms with Crippen LogP contribution in [0.3, 0.4) is 0 Å². The van der Waals surface area contributed by atoms with Gasteiger partial charge in [-0.05, 0) is 51.1 Å². The van der Waals surface area contributed by atoms with Crippen LogP contribution in [0.5, 0.6) is 0 Å². The van der Waals surface area contributed by atoms with Gasteiger partial charge in [0.25, 0.3) is 5.56 Å². The molecule has 1 saturated heterocycles. The zero-order chi connectivity index (χ0) is 14.7. The van der Waals surface area contributed by atoms with E-state index in [1.54, 1.807) is 6.20 Å². The Balaban J connectivity index is 1.59. The predicted octanol–water partition coefficient (Wildman–Crippen LogP) is 1.79. The Hall–Kier alpha value is -1.36. The van der Waals surface area contributed by atoms with Crippen molar-refractivity contribution in [2.75, 3.05) is 31.1 Å². The number of anilines is 1. The van der Waals surface area contributed by atoms with Crippen molar-refractivity contribution < 1.29 is 0 Å². The van der Waals surface area contributed by atoms with E-state index in [-0.39, 0.29) is 5.56 Å². The van der Waals surface area contributed by atoms with Crippen molar-refractivity contribution in [1.82, 2.24) is 14.9 Å². The Bertz CT molecular complexity index is 515. The summed E-state index contributed by atoms with van der Waals surface area (Å²) < 4.78 is 1.87. The number of nitrogens with zero attached hydrogens (tertiary/aromatic N) is 3. The second kappa shape index (κ2) is 6.60. The molecule has 0 radical (unpaired) electrons. The lowest BCUT2D eigenvalue weighted by Gasteiger charge is -2.32. The molecule has 116 valence electrons. The van der Waals surface area contributed by atoms with E-state index >= 15 is 0 Å². The predicted molar refractivity (Wildman–Crippen MR) is 84.9 cm³/mol. The van der Waals surface area contributed by atoms with Crippen LogP contribution in [-0.4, -0.2) is 35.7 Å². The van der Waals surface area contributed by atoms with Gasteiger partial charge in [0.05, 0.1) is 0 Å². The number of rotatable bonds is 6. The van der Waals surface area contributed by atoms with Gasteiger partial charge < -0.3 is 14.8 Å². The third kappa shape index (κ3) is 3.46. The summed E-state index contributed by atoms with van der Waals surface area (Å²) in [6, 6.07) is 0.426. The van der Waals surface area contributed by atoms with Crippen molar-refractivity contribution in [3.05, 3.63) is 22.7 Å². The zero-order valence-electron chi connectivity index (χ0n) is 12.9. The summed E-state index contributed by atoms with van der Waals surface area (Å²) in [6.45, 7) is 6.31. The summed E-state index contributed by atoms with van der Waals surface area (Å²) >= 11 is 0. The van der Waals surface area contributed by atoms with Gasteiger partial charge in [0.1, 0.15) is 0 Å². The maximum absolute atomic E-state index is 12.5. The first-order chi connectivity index (χ1) is 10.3. The fourth-order valence-corrected chi connectivity index (χ4v) is 3.10.